The number of piperidine rings is 1. The van der Waals surface area contributed by atoms with Gasteiger partial charge in [-0.3, -0.25) is 4.79 Å². The van der Waals surface area contributed by atoms with E-state index in [1.165, 1.54) is 11.3 Å². The molecule has 2 aromatic heterocycles. The van der Waals surface area contributed by atoms with Crippen molar-refractivity contribution in [1.29, 1.82) is 0 Å². The normalized spacial score (nSPS) is 17.8. The summed E-state index contributed by atoms with van der Waals surface area (Å²) in [6.45, 7) is 7.32. The van der Waals surface area contributed by atoms with E-state index < -0.39 is 0 Å². The van der Waals surface area contributed by atoms with E-state index in [0.717, 1.165) is 40.5 Å². The highest BCUT2D eigenvalue weighted by Crippen LogP contribution is 2.24. The van der Waals surface area contributed by atoms with Crippen LogP contribution in [0.4, 0.5) is 5.95 Å². The topological polar surface area (TPSA) is 62.2 Å². The van der Waals surface area contributed by atoms with Crippen LogP contribution in [0, 0.1) is 20.8 Å². The van der Waals surface area contributed by atoms with Gasteiger partial charge in [-0.2, -0.15) is 0 Å². The number of thiazole rings is 1. The fourth-order valence-corrected chi connectivity index (χ4v) is 3.95. The fourth-order valence-electron chi connectivity index (χ4n) is 3.06. The van der Waals surface area contributed by atoms with Gasteiger partial charge in [0.2, 0.25) is 5.95 Å². The van der Waals surface area contributed by atoms with E-state index in [-0.39, 0.29) is 11.9 Å². The SMILES string of the molecule is Cc1cnc(N(C)C2CCCN(C(=O)c3sc(C)nc3C)C2)nc1. The predicted molar refractivity (Wildman–Crippen MR) is 95.7 cm³/mol. The molecule has 0 radical (unpaired) electrons. The van der Waals surface area contributed by atoms with Crippen LogP contribution in [0.5, 0.6) is 0 Å². The van der Waals surface area contributed by atoms with Gasteiger partial charge in [0.15, 0.2) is 0 Å². The van der Waals surface area contributed by atoms with Crippen molar-refractivity contribution in [2.45, 2.75) is 39.7 Å². The van der Waals surface area contributed by atoms with Crippen LogP contribution in [0.1, 0.15) is 38.8 Å². The molecule has 128 valence electrons. The maximum Gasteiger partial charge on any atom is 0.265 e. The number of hydrogen-bond acceptors (Lipinski definition) is 6. The molecule has 7 heteroatoms. The van der Waals surface area contributed by atoms with Crippen molar-refractivity contribution in [3.05, 3.63) is 33.5 Å². The number of carbonyl (C=O) groups is 1. The lowest BCUT2D eigenvalue weighted by Crippen LogP contribution is -2.49. The van der Waals surface area contributed by atoms with E-state index in [9.17, 15) is 4.79 Å². The van der Waals surface area contributed by atoms with Gasteiger partial charge in [0.05, 0.1) is 10.7 Å². The minimum Gasteiger partial charge on any atom is -0.339 e. The van der Waals surface area contributed by atoms with Gasteiger partial charge < -0.3 is 9.80 Å². The van der Waals surface area contributed by atoms with Crippen LogP contribution in [0.15, 0.2) is 12.4 Å². The monoisotopic (exact) mass is 345 g/mol. The van der Waals surface area contributed by atoms with Gasteiger partial charge in [-0.25, -0.2) is 15.0 Å². The Morgan fingerprint density at radius 1 is 1.29 bits per heavy atom. The van der Waals surface area contributed by atoms with Gasteiger partial charge in [-0.05, 0) is 39.2 Å². The van der Waals surface area contributed by atoms with E-state index in [4.69, 9.17) is 0 Å². The molecule has 1 aliphatic heterocycles. The first kappa shape index (κ1) is 16.8. The fraction of sp³-hybridized carbons (Fsp3) is 0.529. The second-order valence-electron chi connectivity index (χ2n) is 6.37. The third-order valence-electron chi connectivity index (χ3n) is 4.41. The Hall–Kier alpha value is -2.02. The Kier molecular flexibility index (Phi) is 4.80. The zero-order chi connectivity index (χ0) is 17.3. The van der Waals surface area contributed by atoms with Gasteiger partial charge in [0.25, 0.3) is 5.91 Å². The Morgan fingerprint density at radius 3 is 2.62 bits per heavy atom. The molecular formula is C17H23N5OS. The number of carbonyl (C=O) groups excluding carboxylic acids is 1. The number of nitrogens with zero attached hydrogens (tertiary/aromatic N) is 5. The first-order valence-corrected chi connectivity index (χ1v) is 9.02. The molecule has 1 fully saturated rings. The average Bonchev–Trinajstić information content (AvgIpc) is 2.92. The third kappa shape index (κ3) is 3.40. The Labute approximate surface area is 146 Å². The van der Waals surface area contributed by atoms with Crippen molar-refractivity contribution in [1.82, 2.24) is 19.9 Å². The number of hydrogen-bond donors (Lipinski definition) is 0. The molecule has 0 saturated carbocycles. The quantitative estimate of drug-likeness (QED) is 0.856. The summed E-state index contributed by atoms with van der Waals surface area (Å²) >= 11 is 1.48. The number of rotatable bonds is 3. The Balaban J connectivity index is 1.73. The minimum atomic E-state index is 0.0982. The molecule has 3 heterocycles. The van der Waals surface area contributed by atoms with Gasteiger partial charge in [-0.15, -0.1) is 11.3 Å². The summed E-state index contributed by atoms with van der Waals surface area (Å²) in [7, 11) is 2.01. The Bertz CT molecular complexity index is 727. The van der Waals surface area contributed by atoms with Crippen LogP contribution in [0.2, 0.25) is 0 Å². The largest absolute Gasteiger partial charge is 0.339 e. The van der Waals surface area contributed by atoms with E-state index in [1.807, 2.05) is 45.1 Å². The number of anilines is 1. The van der Waals surface area contributed by atoms with Crippen LogP contribution in [0.25, 0.3) is 0 Å². The highest BCUT2D eigenvalue weighted by molar-refractivity contribution is 7.13. The maximum absolute atomic E-state index is 12.8. The Morgan fingerprint density at radius 2 is 2.00 bits per heavy atom. The highest BCUT2D eigenvalue weighted by atomic mass is 32.1. The summed E-state index contributed by atoms with van der Waals surface area (Å²) in [4.78, 5) is 30.8. The van der Waals surface area contributed by atoms with Crippen molar-refractivity contribution in [3.8, 4) is 0 Å². The lowest BCUT2D eigenvalue weighted by atomic mass is 10.0. The van der Waals surface area contributed by atoms with E-state index in [0.29, 0.717) is 12.5 Å². The van der Waals surface area contributed by atoms with Crippen molar-refractivity contribution in [2.75, 3.05) is 25.0 Å². The van der Waals surface area contributed by atoms with Crippen LogP contribution in [0.3, 0.4) is 0 Å². The number of amides is 1. The molecule has 0 N–H and O–H groups in total. The standard InChI is InChI=1S/C17H23N5OS/c1-11-8-18-17(19-9-11)21(4)14-6-5-7-22(10-14)16(23)15-12(2)20-13(3)24-15/h8-9,14H,5-7,10H2,1-4H3. The maximum atomic E-state index is 12.8. The lowest BCUT2D eigenvalue weighted by Gasteiger charge is -2.37. The van der Waals surface area contributed by atoms with Crippen molar-refractivity contribution < 1.29 is 4.79 Å². The number of likely N-dealkylation sites (tertiary alicyclic amines) is 1. The summed E-state index contributed by atoms with van der Waals surface area (Å²) in [5.74, 6) is 0.811. The summed E-state index contributed by atoms with van der Waals surface area (Å²) in [5.41, 5.74) is 1.88. The molecule has 0 spiro atoms. The van der Waals surface area contributed by atoms with E-state index >= 15 is 0 Å². The predicted octanol–water partition coefficient (Wildman–Crippen LogP) is 2.60. The highest BCUT2D eigenvalue weighted by Gasteiger charge is 2.29. The van der Waals surface area contributed by atoms with Crippen molar-refractivity contribution in [2.24, 2.45) is 0 Å². The summed E-state index contributed by atoms with van der Waals surface area (Å²) < 4.78 is 0. The van der Waals surface area contributed by atoms with Crippen molar-refractivity contribution in [3.63, 3.8) is 0 Å². The zero-order valence-corrected chi connectivity index (χ0v) is 15.4. The number of likely N-dealkylation sites (N-methyl/N-ethyl adjacent to an activating group) is 1. The first-order valence-electron chi connectivity index (χ1n) is 8.20. The lowest BCUT2D eigenvalue weighted by molar-refractivity contribution is 0.0711. The smallest absolute Gasteiger partial charge is 0.265 e. The van der Waals surface area contributed by atoms with Crippen LogP contribution >= 0.6 is 11.3 Å². The molecule has 1 aliphatic rings. The van der Waals surface area contributed by atoms with Crippen molar-refractivity contribution >= 4 is 23.2 Å². The number of aromatic nitrogens is 3. The van der Waals surface area contributed by atoms with Gasteiger partial charge in [0.1, 0.15) is 4.88 Å². The van der Waals surface area contributed by atoms with Crippen LogP contribution < -0.4 is 4.90 Å². The average molecular weight is 345 g/mol. The minimum absolute atomic E-state index is 0.0982. The van der Waals surface area contributed by atoms with Gasteiger partial charge in [-0.1, -0.05) is 0 Å². The second-order valence-corrected chi connectivity index (χ2v) is 7.57. The second kappa shape index (κ2) is 6.84. The zero-order valence-electron chi connectivity index (χ0n) is 14.6. The molecular weight excluding hydrogens is 322 g/mol. The molecule has 1 amide bonds. The summed E-state index contributed by atoms with van der Waals surface area (Å²) in [6, 6.07) is 0.236. The van der Waals surface area contributed by atoms with Gasteiger partial charge >= 0.3 is 0 Å². The molecule has 3 rings (SSSR count). The molecule has 0 aliphatic carbocycles. The van der Waals surface area contributed by atoms with E-state index in [1.54, 1.807) is 0 Å². The molecule has 2 aromatic rings. The number of aryl methyl sites for hydroxylation is 3. The molecule has 1 saturated heterocycles. The summed E-state index contributed by atoms with van der Waals surface area (Å²) in [5, 5.41) is 0.939. The third-order valence-corrected chi connectivity index (χ3v) is 5.47. The van der Waals surface area contributed by atoms with Crippen LogP contribution in [-0.4, -0.2) is 51.9 Å². The summed E-state index contributed by atoms with van der Waals surface area (Å²) in [6.07, 6.45) is 5.68. The van der Waals surface area contributed by atoms with Gasteiger partial charge in [0, 0.05) is 38.6 Å². The molecule has 0 aromatic carbocycles. The molecule has 1 atom stereocenters. The van der Waals surface area contributed by atoms with E-state index in [2.05, 4.69) is 19.9 Å². The molecule has 0 bridgehead atoms. The molecule has 6 nitrogen and oxygen atoms in total. The first-order chi connectivity index (χ1) is 11.5. The van der Waals surface area contributed by atoms with Crippen LogP contribution in [-0.2, 0) is 0 Å². The molecule has 1 unspecified atom stereocenters. The molecule has 24 heavy (non-hydrogen) atoms.